The first-order valence-corrected chi connectivity index (χ1v) is 7.43. The SMILES string of the molecule is CN(Cc1ccccc1N)C(=O)C1CCCCS1. The van der Waals surface area contributed by atoms with E-state index in [4.69, 9.17) is 5.73 Å². The summed E-state index contributed by atoms with van der Waals surface area (Å²) in [5.74, 6) is 1.35. The first-order chi connectivity index (χ1) is 8.68. The Morgan fingerprint density at radius 1 is 1.44 bits per heavy atom. The van der Waals surface area contributed by atoms with Crippen LogP contribution in [0.4, 0.5) is 5.69 Å². The highest BCUT2D eigenvalue weighted by atomic mass is 32.2. The number of carbonyl (C=O) groups excluding carboxylic acids is 1. The quantitative estimate of drug-likeness (QED) is 0.853. The largest absolute Gasteiger partial charge is 0.398 e. The topological polar surface area (TPSA) is 46.3 Å². The molecule has 1 atom stereocenters. The van der Waals surface area contributed by atoms with Gasteiger partial charge >= 0.3 is 0 Å². The number of anilines is 1. The minimum Gasteiger partial charge on any atom is -0.398 e. The molecule has 98 valence electrons. The van der Waals surface area contributed by atoms with Crippen molar-refractivity contribution in [2.75, 3.05) is 18.5 Å². The molecule has 1 saturated heterocycles. The Morgan fingerprint density at radius 3 is 2.89 bits per heavy atom. The van der Waals surface area contributed by atoms with Crippen LogP contribution in [0, 0.1) is 0 Å². The van der Waals surface area contributed by atoms with Gasteiger partial charge in [-0.05, 0) is 30.2 Å². The summed E-state index contributed by atoms with van der Waals surface area (Å²) in [7, 11) is 1.87. The monoisotopic (exact) mass is 264 g/mol. The summed E-state index contributed by atoms with van der Waals surface area (Å²) in [5.41, 5.74) is 7.68. The molecular formula is C14H20N2OS. The average molecular weight is 264 g/mol. The van der Waals surface area contributed by atoms with Crippen LogP contribution < -0.4 is 5.73 Å². The number of nitrogens with zero attached hydrogens (tertiary/aromatic N) is 1. The van der Waals surface area contributed by atoms with Crippen molar-refractivity contribution < 1.29 is 4.79 Å². The number of nitrogens with two attached hydrogens (primary N) is 1. The first kappa shape index (κ1) is 13.3. The summed E-state index contributed by atoms with van der Waals surface area (Å²) in [6.07, 6.45) is 3.42. The van der Waals surface area contributed by atoms with Crippen LogP contribution >= 0.6 is 11.8 Å². The second kappa shape index (κ2) is 6.14. The van der Waals surface area contributed by atoms with Gasteiger partial charge in [-0.25, -0.2) is 0 Å². The maximum absolute atomic E-state index is 12.3. The Kier molecular flexibility index (Phi) is 4.53. The summed E-state index contributed by atoms with van der Waals surface area (Å²) in [6.45, 7) is 0.600. The molecule has 1 aliphatic rings. The van der Waals surface area contributed by atoms with E-state index < -0.39 is 0 Å². The van der Waals surface area contributed by atoms with Gasteiger partial charge in [0.05, 0.1) is 5.25 Å². The lowest BCUT2D eigenvalue weighted by Gasteiger charge is -2.26. The lowest BCUT2D eigenvalue weighted by atomic mass is 10.1. The van der Waals surface area contributed by atoms with Gasteiger partial charge in [-0.3, -0.25) is 4.79 Å². The predicted molar refractivity (Wildman–Crippen MR) is 77.4 cm³/mol. The summed E-state index contributed by atoms with van der Waals surface area (Å²) < 4.78 is 0. The number of carbonyl (C=O) groups is 1. The molecule has 1 aromatic rings. The smallest absolute Gasteiger partial charge is 0.235 e. The molecule has 0 spiro atoms. The minimum absolute atomic E-state index is 0.147. The van der Waals surface area contributed by atoms with Crippen LogP contribution in [0.1, 0.15) is 24.8 Å². The minimum atomic E-state index is 0.147. The van der Waals surface area contributed by atoms with Gasteiger partial charge in [-0.2, -0.15) is 0 Å². The van der Waals surface area contributed by atoms with E-state index in [1.807, 2.05) is 31.3 Å². The van der Waals surface area contributed by atoms with E-state index in [1.165, 1.54) is 12.8 Å². The molecule has 1 amide bonds. The third-order valence-electron chi connectivity index (χ3n) is 3.29. The number of hydrogen-bond acceptors (Lipinski definition) is 3. The van der Waals surface area contributed by atoms with E-state index in [9.17, 15) is 4.79 Å². The Hall–Kier alpha value is -1.16. The van der Waals surface area contributed by atoms with Crippen LogP contribution in [0.2, 0.25) is 0 Å². The van der Waals surface area contributed by atoms with Crippen molar-refractivity contribution in [2.45, 2.75) is 31.1 Å². The zero-order valence-electron chi connectivity index (χ0n) is 10.8. The van der Waals surface area contributed by atoms with Crippen LogP contribution in [0.3, 0.4) is 0 Å². The normalized spacial score (nSPS) is 19.5. The molecule has 0 aromatic heterocycles. The number of hydrogen-bond donors (Lipinski definition) is 1. The molecule has 3 nitrogen and oxygen atoms in total. The maximum atomic E-state index is 12.3. The molecule has 1 aromatic carbocycles. The van der Waals surface area contributed by atoms with Crippen LogP contribution in [-0.4, -0.2) is 28.9 Å². The molecular weight excluding hydrogens is 244 g/mol. The molecule has 18 heavy (non-hydrogen) atoms. The zero-order chi connectivity index (χ0) is 13.0. The van der Waals surface area contributed by atoms with Crippen molar-refractivity contribution in [1.82, 2.24) is 4.90 Å². The standard InChI is InChI=1S/C14H20N2OS/c1-16(10-11-6-2-3-7-12(11)15)14(17)13-8-4-5-9-18-13/h2-3,6-7,13H,4-5,8-10,15H2,1H3. The Morgan fingerprint density at radius 2 is 2.22 bits per heavy atom. The highest BCUT2D eigenvalue weighted by Gasteiger charge is 2.24. The Bertz CT molecular complexity index is 416. The van der Waals surface area contributed by atoms with Crippen molar-refractivity contribution in [2.24, 2.45) is 0 Å². The first-order valence-electron chi connectivity index (χ1n) is 6.38. The highest BCUT2D eigenvalue weighted by Crippen LogP contribution is 2.27. The fraction of sp³-hybridized carbons (Fsp3) is 0.500. The third kappa shape index (κ3) is 3.19. The number of nitrogen functional groups attached to an aromatic ring is 1. The fourth-order valence-electron chi connectivity index (χ4n) is 2.19. The number of rotatable bonds is 3. The highest BCUT2D eigenvalue weighted by molar-refractivity contribution is 8.00. The second-order valence-corrected chi connectivity index (χ2v) is 6.06. The van der Waals surface area contributed by atoms with Crippen molar-refractivity contribution >= 4 is 23.4 Å². The van der Waals surface area contributed by atoms with E-state index in [-0.39, 0.29) is 11.2 Å². The van der Waals surface area contributed by atoms with Gasteiger partial charge < -0.3 is 10.6 Å². The van der Waals surface area contributed by atoms with Crippen LogP contribution in [0.25, 0.3) is 0 Å². The molecule has 1 heterocycles. The molecule has 0 aliphatic carbocycles. The summed E-state index contributed by atoms with van der Waals surface area (Å²) in [6, 6.07) is 7.73. The molecule has 1 fully saturated rings. The van der Waals surface area contributed by atoms with Crippen molar-refractivity contribution in [3.05, 3.63) is 29.8 Å². The summed E-state index contributed by atoms with van der Waals surface area (Å²) in [5, 5.41) is 0.147. The molecule has 1 aliphatic heterocycles. The predicted octanol–water partition coefficient (Wildman–Crippen LogP) is 2.51. The molecule has 0 bridgehead atoms. The van der Waals surface area contributed by atoms with Gasteiger partial charge in [0, 0.05) is 19.3 Å². The zero-order valence-corrected chi connectivity index (χ0v) is 11.6. The van der Waals surface area contributed by atoms with Crippen molar-refractivity contribution in [3.8, 4) is 0 Å². The van der Waals surface area contributed by atoms with Crippen LogP contribution in [-0.2, 0) is 11.3 Å². The number of thioether (sulfide) groups is 1. The molecule has 4 heteroatoms. The van der Waals surface area contributed by atoms with Gasteiger partial charge in [0.25, 0.3) is 0 Å². The second-order valence-electron chi connectivity index (χ2n) is 4.75. The van der Waals surface area contributed by atoms with Gasteiger partial charge in [0.15, 0.2) is 0 Å². The maximum Gasteiger partial charge on any atom is 0.235 e. The van der Waals surface area contributed by atoms with Gasteiger partial charge in [0.1, 0.15) is 0 Å². The fourth-order valence-corrected chi connectivity index (χ4v) is 3.50. The van der Waals surface area contributed by atoms with Crippen LogP contribution in [0.15, 0.2) is 24.3 Å². The van der Waals surface area contributed by atoms with Gasteiger partial charge in [0.2, 0.25) is 5.91 Å². The van der Waals surface area contributed by atoms with Crippen molar-refractivity contribution in [3.63, 3.8) is 0 Å². The number of amides is 1. The van der Waals surface area contributed by atoms with Crippen LogP contribution in [0.5, 0.6) is 0 Å². The summed E-state index contributed by atoms with van der Waals surface area (Å²) >= 11 is 1.79. The molecule has 0 saturated carbocycles. The van der Waals surface area contributed by atoms with E-state index >= 15 is 0 Å². The number of para-hydroxylation sites is 1. The van der Waals surface area contributed by atoms with Crippen molar-refractivity contribution in [1.29, 1.82) is 0 Å². The Balaban J connectivity index is 1.96. The lowest BCUT2D eigenvalue weighted by Crippen LogP contribution is -2.35. The molecule has 2 N–H and O–H groups in total. The van der Waals surface area contributed by atoms with E-state index in [0.717, 1.165) is 23.4 Å². The Labute approximate surface area is 113 Å². The van der Waals surface area contributed by atoms with E-state index in [0.29, 0.717) is 6.54 Å². The molecule has 0 radical (unpaired) electrons. The number of benzene rings is 1. The lowest BCUT2D eigenvalue weighted by molar-refractivity contribution is -0.130. The summed E-state index contributed by atoms with van der Waals surface area (Å²) in [4.78, 5) is 14.1. The molecule has 1 unspecified atom stereocenters. The van der Waals surface area contributed by atoms with E-state index in [1.54, 1.807) is 16.7 Å². The van der Waals surface area contributed by atoms with Gasteiger partial charge in [-0.1, -0.05) is 24.6 Å². The third-order valence-corrected chi connectivity index (χ3v) is 4.66. The average Bonchev–Trinajstić information content (AvgIpc) is 2.41. The van der Waals surface area contributed by atoms with E-state index in [2.05, 4.69) is 0 Å². The van der Waals surface area contributed by atoms with Gasteiger partial charge in [-0.15, -0.1) is 11.8 Å². The molecule has 2 rings (SSSR count).